The summed E-state index contributed by atoms with van der Waals surface area (Å²) in [6.07, 6.45) is 5.23. The number of rotatable bonds is 4. The second-order valence-corrected chi connectivity index (χ2v) is 8.64. The van der Waals surface area contributed by atoms with Crippen molar-refractivity contribution in [1.29, 1.82) is 0 Å². The lowest BCUT2D eigenvalue weighted by molar-refractivity contribution is -0.127. The average molecular weight is 382 g/mol. The Balaban J connectivity index is 1.93. The molecule has 1 aliphatic heterocycles. The predicted octanol–water partition coefficient (Wildman–Crippen LogP) is 1.56. The molecular weight excluding hydrogens is 346 g/mol. The van der Waals surface area contributed by atoms with Crippen molar-refractivity contribution in [2.75, 3.05) is 33.7 Å². The minimum atomic E-state index is -0.494. The minimum Gasteiger partial charge on any atom is -0.444 e. The molecule has 2 N–H and O–H groups in total. The molecule has 1 aliphatic carbocycles. The first-order valence-corrected chi connectivity index (χ1v) is 9.89. The van der Waals surface area contributed by atoms with E-state index in [1.165, 1.54) is 17.7 Å². The number of nitrogens with one attached hydrogen (secondary N) is 2. The highest BCUT2D eigenvalue weighted by Gasteiger charge is 2.30. The molecule has 1 saturated carbocycles. The first-order valence-electron chi connectivity index (χ1n) is 9.89. The molecule has 2 amide bonds. The number of amides is 2. The highest BCUT2D eigenvalue weighted by Crippen LogP contribution is 2.18. The van der Waals surface area contributed by atoms with Crippen molar-refractivity contribution in [3.8, 4) is 0 Å². The van der Waals surface area contributed by atoms with E-state index >= 15 is 0 Å². The van der Waals surface area contributed by atoms with E-state index in [0.717, 1.165) is 19.3 Å². The van der Waals surface area contributed by atoms with Crippen LogP contribution in [0.3, 0.4) is 0 Å². The Morgan fingerprint density at radius 2 is 1.74 bits per heavy atom. The van der Waals surface area contributed by atoms with Gasteiger partial charge in [-0.2, -0.15) is 0 Å². The molecule has 27 heavy (non-hydrogen) atoms. The third kappa shape index (κ3) is 7.27. The molecule has 8 nitrogen and oxygen atoms in total. The van der Waals surface area contributed by atoms with Crippen molar-refractivity contribution < 1.29 is 14.3 Å². The lowest BCUT2D eigenvalue weighted by atomic mass is 10.2. The Labute approximate surface area is 162 Å². The zero-order chi connectivity index (χ0) is 20.0. The Morgan fingerprint density at radius 3 is 2.33 bits per heavy atom. The molecule has 1 heterocycles. The number of carbonyl (C=O) groups excluding carboxylic acids is 2. The summed E-state index contributed by atoms with van der Waals surface area (Å²) in [6, 6.07) is 0.494. The summed E-state index contributed by atoms with van der Waals surface area (Å²) in [4.78, 5) is 31.9. The van der Waals surface area contributed by atoms with Crippen molar-refractivity contribution >= 4 is 18.0 Å². The summed E-state index contributed by atoms with van der Waals surface area (Å²) in [7, 11) is 3.45. The summed E-state index contributed by atoms with van der Waals surface area (Å²) >= 11 is 0. The quantitative estimate of drug-likeness (QED) is 0.570. The molecule has 2 aliphatic rings. The van der Waals surface area contributed by atoms with Gasteiger partial charge in [0.1, 0.15) is 12.1 Å². The van der Waals surface area contributed by atoms with Crippen LogP contribution in [-0.4, -0.2) is 79.2 Å². The van der Waals surface area contributed by atoms with Crippen molar-refractivity contribution in [3.63, 3.8) is 0 Å². The fourth-order valence-electron chi connectivity index (χ4n) is 3.25. The number of carbonyl (C=O) groups is 2. The Kier molecular flexibility index (Phi) is 7.33. The maximum Gasteiger partial charge on any atom is 0.410 e. The lowest BCUT2D eigenvalue weighted by Gasteiger charge is -2.25. The minimum absolute atomic E-state index is 0.0377. The van der Waals surface area contributed by atoms with Gasteiger partial charge in [-0.3, -0.25) is 4.79 Å². The number of hydrogen-bond donors (Lipinski definition) is 2. The molecule has 1 saturated heterocycles. The van der Waals surface area contributed by atoms with Gasteiger partial charge in [-0.25, -0.2) is 9.79 Å². The van der Waals surface area contributed by atoms with E-state index < -0.39 is 5.60 Å². The largest absolute Gasteiger partial charge is 0.444 e. The number of guanidine groups is 1. The van der Waals surface area contributed by atoms with Crippen LogP contribution in [0, 0.1) is 0 Å². The number of hydrogen-bond acceptors (Lipinski definition) is 4. The van der Waals surface area contributed by atoms with E-state index in [2.05, 4.69) is 15.6 Å². The van der Waals surface area contributed by atoms with Crippen LogP contribution in [-0.2, 0) is 9.53 Å². The molecular formula is C19H35N5O3. The fraction of sp³-hybridized carbons (Fsp3) is 0.842. The molecule has 0 aromatic rings. The van der Waals surface area contributed by atoms with Gasteiger partial charge >= 0.3 is 6.09 Å². The van der Waals surface area contributed by atoms with Crippen LogP contribution in [0.25, 0.3) is 0 Å². The summed E-state index contributed by atoms with van der Waals surface area (Å²) in [5, 5.41) is 6.86. The van der Waals surface area contributed by atoms with Crippen LogP contribution in [0.4, 0.5) is 4.79 Å². The highest BCUT2D eigenvalue weighted by atomic mass is 16.6. The van der Waals surface area contributed by atoms with E-state index in [1.807, 2.05) is 20.8 Å². The van der Waals surface area contributed by atoms with E-state index in [4.69, 9.17) is 4.74 Å². The topological polar surface area (TPSA) is 86.3 Å². The normalized spacial score (nSPS) is 21.3. The SMILES string of the molecule is CN(C)C(=O)CN=C(NC1CCCC1)NC1CCN(C(=O)OC(C)(C)C)C1. The van der Waals surface area contributed by atoms with Crippen molar-refractivity contribution in [2.45, 2.75) is 70.6 Å². The molecule has 0 aromatic heterocycles. The van der Waals surface area contributed by atoms with Crippen LogP contribution in [0.15, 0.2) is 4.99 Å². The van der Waals surface area contributed by atoms with Crippen LogP contribution >= 0.6 is 0 Å². The van der Waals surface area contributed by atoms with Crippen LogP contribution < -0.4 is 10.6 Å². The molecule has 2 rings (SSSR count). The van der Waals surface area contributed by atoms with E-state index in [1.54, 1.807) is 19.0 Å². The summed E-state index contributed by atoms with van der Waals surface area (Å²) in [6.45, 7) is 6.94. The van der Waals surface area contributed by atoms with Crippen LogP contribution in [0.2, 0.25) is 0 Å². The van der Waals surface area contributed by atoms with Gasteiger partial charge in [-0.15, -0.1) is 0 Å². The van der Waals surface area contributed by atoms with E-state index in [0.29, 0.717) is 25.1 Å². The molecule has 0 radical (unpaired) electrons. The number of ether oxygens (including phenoxy) is 1. The average Bonchev–Trinajstić information content (AvgIpc) is 3.22. The van der Waals surface area contributed by atoms with Crippen LogP contribution in [0.1, 0.15) is 52.9 Å². The van der Waals surface area contributed by atoms with Crippen molar-refractivity contribution in [1.82, 2.24) is 20.4 Å². The van der Waals surface area contributed by atoms with Gasteiger partial charge in [0.15, 0.2) is 5.96 Å². The molecule has 2 fully saturated rings. The van der Waals surface area contributed by atoms with Gasteiger partial charge in [0.2, 0.25) is 5.91 Å². The van der Waals surface area contributed by atoms with Gasteiger partial charge in [-0.1, -0.05) is 12.8 Å². The second kappa shape index (κ2) is 9.28. The number of likely N-dealkylation sites (N-methyl/N-ethyl adjacent to an activating group) is 1. The van der Waals surface area contributed by atoms with E-state index in [-0.39, 0.29) is 24.6 Å². The van der Waals surface area contributed by atoms with Gasteiger partial charge < -0.3 is 25.2 Å². The Morgan fingerprint density at radius 1 is 1.11 bits per heavy atom. The number of aliphatic imine (C=N–C) groups is 1. The molecule has 8 heteroatoms. The third-order valence-electron chi connectivity index (χ3n) is 4.75. The Bertz CT molecular complexity index is 550. The summed E-state index contributed by atoms with van der Waals surface area (Å²) < 4.78 is 5.45. The van der Waals surface area contributed by atoms with Gasteiger partial charge in [0, 0.05) is 39.3 Å². The summed E-state index contributed by atoms with van der Waals surface area (Å²) in [5.41, 5.74) is -0.494. The molecule has 154 valence electrons. The smallest absolute Gasteiger partial charge is 0.410 e. The zero-order valence-corrected chi connectivity index (χ0v) is 17.4. The molecule has 0 bridgehead atoms. The molecule has 1 atom stereocenters. The lowest BCUT2D eigenvalue weighted by Crippen LogP contribution is -2.48. The van der Waals surface area contributed by atoms with E-state index in [9.17, 15) is 9.59 Å². The van der Waals surface area contributed by atoms with Gasteiger partial charge in [0.25, 0.3) is 0 Å². The standard InChI is InChI=1S/C19H35N5O3/c1-19(2,3)27-18(26)24-11-10-15(13-24)22-17(20-12-16(25)23(4)5)21-14-8-6-7-9-14/h14-15H,6-13H2,1-5H3,(H2,20,21,22). The number of nitrogens with zero attached hydrogens (tertiary/aromatic N) is 3. The summed E-state index contributed by atoms with van der Waals surface area (Å²) in [5.74, 6) is 0.623. The number of likely N-dealkylation sites (tertiary alicyclic amines) is 1. The second-order valence-electron chi connectivity index (χ2n) is 8.64. The zero-order valence-electron chi connectivity index (χ0n) is 17.4. The first kappa shape index (κ1) is 21.3. The highest BCUT2D eigenvalue weighted by molar-refractivity contribution is 5.85. The van der Waals surface area contributed by atoms with Crippen LogP contribution in [0.5, 0.6) is 0 Å². The molecule has 0 spiro atoms. The maximum atomic E-state index is 12.2. The van der Waals surface area contributed by atoms with Gasteiger partial charge in [-0.05, 0) is 40.0 Å². The maximum absolute atomic E-state index is 12.2. The van der Waals surface area contributed by atoms with Gasteiger partial charge in [0.05, 0.1) is 0 Å². The van der Waals surface area contributed by atoms with Crippen molar-refractivity contribution in [2.24, 2.45) is 4.99 Å². The third-order valence-corrected chi connectivity index (χ3v) is 4.75. The first-order chi connectivity index (χ1) is 12.6. The Hall–Kier alpha value is -1.99. The molecule has 1 unspecified atom stereocenters. The predicted molar refractivity (Wildman–Crippen MR) is 106 cm³/mol. The monoisotopic (exact) mass is 381 g/mol. The molecule has 0 aromatic carbocycles. The van der Waals surface area contributed by atoms with Crippen molar-refractivity contribution in [3.05, 3.63) is 0 Å². The fourth-order valence-corrected chi connectivity index (χ4v) is 3.25.